The first-order valence-electron chi connectivity index (χ1n) is 6.61. The smallest absolute Gasteiger partial charge is 0.175 e. The molecule has 1 aromatic carbocycles. The molecule has 2 aromatic rings. The molecule has 108 valence electrons. The Kier molecular flexibility index (Phi) is 6.86. The Morgan fingerprint density at radius 2 is 1.85 bits per heavy atom. The lowest BCUT2D eigenvalue weighted by Gasteiger charge is -2.08. The van der Waals surface area contributed by atoms with Crippen LogP contribution in [0.4, 0.5) is 0 Å². The van der Waals surface area contributed by atoms with Crippen LogP contribution in [0.15, 0.2) is 39.0 Å². The van der Waals surface area contributed by atoms with Crippen LogP contribution in [-0.4, -0.2) is 26.8 Å². The normalized spacial score (nSPS) is 12.5. The highest BCUT2D eigenvalue weighted by atomic mass is 32.2. The molecule has 0 saturated heterocycles. The summed E-state index contributed by atoms with van der Waals surface area (Å²) in [5.41, 5.74) is 0.946. The lowest BCUT2D eigenvalue weighted by Crippen LogP contribution is -1.99. The maximum absolute atomic E-state index is 10.1. The lowest BCUT2D eigenvalue weighted by atomic mass is 10.1. The Morgan fingerprint density at radius 1 is 1.15 bits per heavy atom. The zero-order valence-electron chi connectivity index (χ0n) is 11.4. The first-order valence-corrected chi connectivity index (χ1v) is 9.40. The zero-order chi connectivity index (χ0) is 14.2. The molecule has 20 heavy (non-hydrogen) atoms. The van der Waals surface area contributed by atoms with Gasteiger partial charge in [0.15, 0.2) is 8.68 Å². The predicted octanol–water partition coefficient (Wildman–Crippen LogP) is 4.26. The quantitative estimate of drug-likeness (QED) is 0.580. The number of rotatable bonds is 8. The molecule has 1 unspecified atom stereocenters. The average Bonchev–Trinajstić information content (AvgIpc) is 2.94. The maximum Gasteiger partial charge on any atom is 0.175 e. The van der Waals surface area contributed by atoms with Crippen molar-refractivity contribution in [1.29, 1.82) is 0 Å². The van der Waals surface area contributed by atoms with E-state index < -0.39 is 6.10 Å². The summed E-state index contributed by atoms with van der Waals surface area (Å²) in [6.07, 6.45) is 1.96. The number of nitrogens with zero attached hydrogens (tertiary/aromatic N) is 2. The van der Waals surface area contributed by atoms with E-state index in [1.807, 2.05) is 30.3 Å². The van der Waals surface area contributed by atoms with Crippen molar-refractivity contribution in [3.63, 3.8) is 0 Å². The van der Waals surface area contributed by atoms with Crippen molar-refractivity contribution in [3.05, 3.63) is 35.9 Å². The van der Waals surface area contributed by atoms with E-state index in [1.54, 1.807) is 34.9 Å². The molecule has 1 heterocycles. The standard InChI is InChI=1S/C14H18N2OS3/c1-2-3-9-18-13-15-16-14(20-13)19-10-12(17)11-7-5-4-6-8-11/h4-8,12,17H,2-3,9-10H2,1H3. The van der Waals surface area contributed by atoms with Gasteiger partial charge in [0, 0.05) is 11.5 Å². The highest BCUT2D eigenvalue weighted by molar-refractivity contribution is 8.03. The van der Waals surface area contributed by atoms with Crippen LogP contribution in [-0.2, 0) is 0 Å². The number of hydrogen-bond acceptors (Lipinski definition) is 6. The van der Waals surface area contributed by atoms with Gasteiger partial charge < -0.3 is 5.11 Å². The van der Waals surface area contributed by atoms with Crippen LogP contribution in [0.1, 0.15) is 31.4 Å². The molecule has 0 aliphatic heterocycles. The second-order valence-corrected chi connectivity index (χ2v) is 7.86. The topological polar surface area (TPSA) is 46.0 Å². The van der Waals surface area contributed by atoms with Gasteiger partial charge in [0.25, 0.3) is 0 Å². The highest BCUT2D eigenvalue weighted by Crippen LogP contribution is 2.31. The Bertz CT molecular complexity index is 504. The van der Waals surface area contributed by atoms with Crippen LogP contribution < -0.4 is 0 Å². The van der Waals surface area contributed by atoms with Crippen molar-refractivity contribution in [2.24, 2.45) is 0 Å². The maximum atomic E-state index is 10.1. The molecule has 6 heteroatoms. The van der Waals surface area contributed by atoms with Crippen LogP contribution in [0.3, 0.4) is 0 Å². The third-order valence-corrected chi connectivity index (χ3v) is 6.01. The van der Waals surface area contributed by atoms with Crippen molar-refractivity contribution in [2.75, 3.05) is 11.5 Å². The van der Waals surface area contributed by atoms with Gasteiger partial charge in [-0.2, -0.15) is 0 Å². The van der Waals surface area contributed by atoms with Gasteiger partial charge >= 0.3 is 0 Å². The summed E-state index contributed by atoms with van der Waals surface area (Å²) < 4.78 is 1.95. The molecule has 0 aliphatic rings. The van der Waals surface area contributed by atoms with Crippen LogP contribution in [0, 0.1) is 0 Å². The van der Waals surface area contributed by atoms with Crippen molar-refractivity contribution >= 4 is 34.9 Å². The molecular weight excluding hydrogens is 308 g/mol. The molecule has 1 aromatic heterocycles. The monoisotopic (exact) mass is 326 g/mol. The third kappa shape index (κ3) is 5.09. The van der Waals surface area contributed by atoms with Gasteiger partial charge in [-0.05, 0) is 12.0 Å². The number of thioether (sulfide) groups is 2. The largest absolute Gasteiger partial charge is 0.388 e. The number of unbranched alkanes of at least 4 members (excludes halogenated alkanes) is 1. The summed E-state index contributed by atoms with van der Waals surface area (Å²) in [5, 5.41) is 18.4. The molecule has 0 bridgehead atoms. The molecule has 0 aliphatic carbocycles. The lowest BCUT2D eigenvalue weighted by molar-refractivity contribution is 0.204. The molecule has 0 amide bonds. The van der Waals surface area contributed by atoms with Gasteiger partial charge in [-0.3, -0.25) is 0 Å². The van der Waals surface area contributed by atoms with Gasteiger partial charge in [-0.1, -0.05) is 78.5 Å². The summed E-state index contributed by atoms with van der Waals surface area (Å²) in [6, 6.07) is 9.72. The molecule has 2 rings (SSSR count). The van der Waals surface area contributed by atoms with Crippen LogP contribution in [0.25, 0.3) is 0 Å². The van der Waals surface area contributed by atoms with Gasteiger partial charge in [-0.15, -0.1) is 10.2 Å². The number of aromatic nitrogens is 2. The number of aliphatic hydroxyl groups excluding tert-OH is 1. The van der Waals surface area contributed by atoms with E-state index >= 15 is 0 Å². The van der Waals surface area contributed by atoms with E-state index in [-0.39, 0.29) is 0 Å². The molecule has 0 radical (unpaired) electrons. The van der Waals surface area contributed by atoms with E-state index in [9.17, 15) is 5.11 Å². The summed E-state index contributed by atoms with van der Waals surface area (Å²) in [6.45, 7) is 2.19. The number of hydrogen-bond donors (Lipinski definition) is 1. The van der Waals surface area contributed by atoms with Crippen LogP contribution >= 0.6 is 34.9 Å². The van der Waals surface area contributed by atoms with E-state index in [1.165, 1.54) is 12.8 Å². The second kappa shape index (κ2) is 8.67. The molecule has 0 fully saturated rings. The summed E-state index contributed by atoms with van der Waals surface area (Å²) in [5.74, 6) is 1.71. The number of benzene rings is 1. The average molecular weight is 327 g/mol. The molecule has 1 atom stereocenters. The van der Waals surface area contributed by atoms with Gasteiger partial charge in [0.1, 0.15) is 0 Å². The molecule has 0 saturated carbocycles. The van der Waals surface area contributed by atoms with E-state index in [2.05, 4.69) is 17.1 Å². The summed E-state index contributed by atoms with van der Waals surface area (Å²) >= 11 is 4.94. The minimum Gasteiger partial charge on any atom is -0.388 e. The van der Waals surface area contributed by atoms with Gasteiger partial charge in [-0.25, -0.2) is 0 Å². The van der Waals surface area contributed by atoms with E-state index in [0.29, 0.717) is 5.75 Å². The van der Waals surface area contributed by atoms with Crippen LogP contribution in [0.2, 0.25) is 0 Å². The fraction of sp³-hybridized carbons (Fsp3) is 0.429. The third-order valence-electron chi connectivity index (χ3n) is 2.66. The van der Waals surface area contributed by atoms with Crippen LogP contribution in [0.5, 0.6) is 0 Å². The van der Waals surface area contributed by atoms with E-state index in [4.69, 9.17) is 0 Å². The first-order chi connectivity index (χ1) is 9.79. The van der Waals surface area contributed by atoms with Crippen molar-refractivity contribution in [1.82, 2.24) is 10.2 Å². The van der Waals surface area contributed by atoms with E-state index in [0.717, 1.165) is 20.0 Å². The minimum atomic E-state index is -0.457. The highest BCUT2D eigenvalue weighted by Gasteiger charge is 2.10. The molecule has 0 spiro atoms. The molecular formula is C14H18N2OS3. The van der Waals surface area contributed by atoms with Crippen molar-refractivity contribution < 1.29 is 5.11 Å². The first kappa shape index (κ1) is 15.8. The fourth-order valence-corrected chi connectivity index (χ4v) is 4.71. The van der Waals surface area contributed by atoms with Crippen molar-refractivity contribution in [2.45, 2.75) is 34.5 Å². The predicted molar refractivity (Wildman–Crippen MR) is 87.7 cm³/mol. The van der Waals surface area contributed by atoms with Gasteiger partial charge in [0.05, 0.1) is 6.10 Å². The molecule has 3 nitrogen and oxygen atoms in total. The zero-order valence-corrected chi connectivity index (χ0v) is 13.8. The summed E-state index contributed by atoms with van der Waals surface area (Å²) in [7, 11) is 0. The Labute approximate surface area is 132 Å². The summed E-state index contributed by atoms with van der Waals surface area (Å²) in [4.78, 5) is 0. The van der Waals surface area contributed by atoms with Gasteiger partial charge in [0.2, 0.25) is 0 Å². The Morgan fingerprint density at radius 3 is 2.55 bits per heavy atom. The SMILES string of the molecule is CCCCSc1nnc(SCC(O)c2ccccc2)s1. The second-order valence-electron chi connectivity index (χ2n) is 4.27. The van der Waals surface area contributed by atoms with Crippen molar-refractivity contribution in [3.8, 4) is 0 Å². The minimum absolute atomic E-state index is 0.457. The fourth-order valence-electron chi connectivity index (χ4n) is 1.54. The molecule has 1 N–H and O–H groups in total. The Hall–Kier alpha value is -0.560. The number of aliphatic hydroxyl groups is 1. The Balaban J connectivity index is 1.79.